The van der Waals surface area contributed by atoms with E-state index in [1.807, 2.05) is 12.3 Å². The molecule has 0 aliphatic rings. The average molecular weight is 260 g/mol. The van der Waals surface area contributed by atoms with Gasteiger partial charge in [-0.25, -0.2) is 0 Å². The molecule has 3 N–H and O–H groups in total. The van der Waals surface area contributed by atoms with Gasteiger partial charge in [0.2, 0.25) is 0 Å². The summed E-state index contributed by atoms with van der Waals surface area (Å²) in [7, 11) is 0. The van der Waals surface area contributed by atoms with E-state index in [0.717, 1.165) is 12.0 Å². The molecule has 0 saturated heterocycles. The summed E-state index contributed by atoms with van der Waals surface area (Å²) in [6.45, 7) is 2.51. The smallest absolute Gasteiger partial charge is 0.251 e. The highest BCUT2D eigenvalue weighted by Gasteiger charge is 2.09. The average Bonchev–Trinajstić information content (AvgIpc) is 2.85. The van der Waals surface area contributed by atoms with Crippen LogP contribution in [0.2, 0.25) is 0 Å². The van der Waals surface area contributed by atoms with Gasteiger partial charge >= 0.3 is 0 Å². The van der Waals surface area contributed by atoms with E-state index in [1.165, 1.54) is 5.56 Å². The number of thiophene rings is 1. The van der Waals surface area contributed by atoms with Crippen molar-refractivity contribution in [3.05, 3.63) is 51.7 Å². The molecule has 1 aromatic heterocycles. The van der Waals surface area contributed by atoms with E-state index in [0.29, 0.717) is 17.8 Å². The van der Waals surface area contributed by atoms with Crippen molar-refractivity contribution in [2.45, 2.75) is 13.3 Å². The molecule has 1 amide bonds. The maximum Gasteiger partial charge on any atom is 0.251 e. The highest BCUT2D eigenvalue weighted by atomic mass is 32.1. The standard InChI is InChI=1S/C14H16N2OS/c1-10-12(3-2-4-13(10)15)14(17)16-7-5-11-6-8-18-9-11/h2-4,6,8-9H,5,7,15H2,1H3,(H,16,17). The lowest BCUT2D eigenvalue weighted by Crippen LogP contribution is -2.26. The second-order valence-corrected chi connectivity index (χ2v) is 4.94. The van der Waals surface area contributed by atoms with Crippen LogP contribution in [0.5, 0.6) is 0 Å². The molecule has 3 nitrogen and oxygen atoms in total. The largest absolute Gasteiger partial charge is 0.398 e. The predicted molar refractivity (Wildman–Crippen MR) is 75.9 cm³/mol. The molecule has 1 heterocycles. The Labute approximate surface area is 111 Å². The van der Waals surface area contributed by atoms with Gasteiger partial charge in [0.1, 0.15) is 0 Å². The Morgan fingerprint density at radius 1 is 1.39 bits per heavy atom. The summed E-state index contributed by atoms with van der Waals surface area (Å²) in [5, 5.41) is 7.05. The number of nitrogen functional groups attached to an aromatic ring is 1. The van der Waals surface area contributed by atoms with Crippen LogP contribution < -0.4 is 11.1 Å². The van der Waals surface area contributed by atoms with Crippen molar-refractivity contribution in [3.63, 3.8) is 0 Å². The van der Waals surface area contributed by atoms with E-state index in [1.54, 1.807) is 29.5 Å². The number of nitrogens with one attached hydrogen (secondary N) is 1. The molecule has 0 spiro atoms. The monoisotopic (exact) mass is 260 g/mol. The Hall–Kier alpha value is -1.81. The Morgan fingerprint density at radius 2 is 2.22 bits per heavy atom. The zero-order chi connectivity index (χ0) is 13.0. The molecule has 0 saturated carbocycles. The van der Waals surface area contributed by atoms with Crippen LogP contribution in [0.25, 0.3) is 0 Å². The molecule has 0 atom stereocenters. The molecule has 0 bridgehead atoms. The number of carbonyl (C=O) groups excluding carboxylic acids is 1. The number of benzene rings is 1. The fraction of sp³-hybridized carbons (Fsp3) is 0.214. The van der Waals surface area contributed by atoms with Crippen molar-refractivity contribution in [3.8, 4) is 0 Å². The Bertz CT molecular complexity index is 535. The molecule has 2 aromatic rings. The highest BCUT2D eigenvalue weighted by Crippen LogP contribution is 2.15. The van der Waals surface area contributed by atoms with Gasteiger partial charge < -0.3 is 11.1 Å². The van der Waals surface area contributed by atoms with Crippen molar-refractivity contribution in [2.24, 2.45) is 0 Å². The van der Waals surface area contributed by atoms with Crippen LogP contribution in [-0.4, -0.2) is 12.5 Å². The number of hydrogen-bond acceptors (Lipinski definition) is 3. The van der Waals surface area contributed by atoms with Gasteiger partial charge in [-0.3, -0.25) is 4.79 Å². The zero-order valence-electron chi connectivity index (χ0n) is 10.3. The number of carbonyl (C=O) groups is 1. The van der Waals surface area contributed by atoms with Gasteiger partial charge in [-0.1, -0.05) is 6.07 Å². The summed E-state index contributed by atoms with van der Waals surface area (Å²) >= 11 is 1.67. The van der Waals surface area contributed by atoms with E-state index in [-0.39, 0.29) is 5.91 Å². The summed E-state index contributed by atoms with van der Waals surface area (Å²) in [5.74, 6) is -0.0602. The van der Waals surface area contributed by atoms with Crippen LogP contribution in [0.1, 0.15) is 21.5 Å². The van der Waals surface area contributed by atoms with Gasteiger partial charge in [0.05, 0.1) is 0 Å². The molecule has 2 rings (SSSR count). The van der Waals surface area contributed by atoms with Gasteiger partial charge in [0.15, 0.2) is 0 Å². The van der Waals surface area contributed by atoms with Gasteiger partial charge in [0.25, 0.3) is 5.91 Å². The lowest BCUT2D eigenvalue weighted by atomic mass is 10.1. The molecule has 94 valence electrons. The SMILES string of the molecule is Cc1c(N)cccc1C(=O)NCCc1ccsc1. The van der Waals surface area contributed by atoms with Crippen LogP contribution in [-0.2, 0) is 6.42 Å². The van der Waals surface area contributed by atoms with E-state index in [9.17, 15) is 4.79 Å². The number of anilines is 1. The van der Waals surface area contributed by atoms with Crippen LogP contribution in [0, 0.1) is 6.92 Å². The third kappa shape index (κ3) is 2.90. The van der Waals surface area contributed by atoms with E-state index >= 15 is 0 Å². The molecule has 0 aliphatic carbocycles. The molecule has 0 unspecified atom stereocenters. The van der Waals surface area contributed by atoms with Crippen molar-refractivity contribution in [2.75, 3.05) is 12.3 Å². The van der Waals surface area contributed by atoms with Gasteiger partial charge in [-0.15, -0.1) is 0 Å². The molecule has 4 heteroatoms. The number of nitrogens with two attached hydrogens (primary N) is 1. The van der Waals surface area contributed by atoms with E-state index < -0.39 is 0 Å². The van der Waals surface area contributed by atoms with E-state index in [2.05, 4.69) is 16.8 Å². The van der Waals surface area contributed by atoms with Crippen molar-refractivity contribution < 1.29 is 4.79 Å². The van der Waals surface area contributed by atoms with Crippen LogP contribution >= 0.6 is 11.3 Å². The molecule has 0 radical (unpaired) electrons. The van der Waals surface area contributed by atoms with Crippen LogP contribution in [0.15, 0.2) is 35.0 Å². The minimum absolute atomic E-state index is 0.0602. The quantitative estimate of drug-likeness (QED) is 0.830. The molecule has 1 aromatic carbocycles. The summed E-state index contributed by atoms with van der Waals surface area (Å²) in [6.07, 6.45) is 0.858. The number of amides is 1. The van der Waals surface area contributed by atoms with Crippen LogP contribution in [0.4, 0.5) is 5.69 Å². The van der Waals surface area contributed by atoms with Gasteiger partial charge in [0, 0.05) is 17.8 Å². The first kappa shape index (κ1) is 12.6. The van der Waals surface area contributed by atoms with Crippen molar-refractivity contribution in [1.82, 2.24) is 5.32 Å². The number of rotatable bonds is 4. The first-order chi connectivity index (χ1) is 8.68. The topological polar surface area (TPSA) is 55.1 Å². The van der Waals surface area contributed by atoms with E-state index in [4.69, 9.17) is 5.73 Å². The summed E-state index contributed by atoms with van der Waals surface area (Å²) in [4.78, 5) is 12.0. The third-order valence-electron chi connectivity index (χ3n) is 2.90. The fourth-order valence-electron chi connectivity index (χ4n) is 1.75. The fourth-order valence-corrected chi connectivity index (χ4v) is 2.45. The predicted octanol–water partition coefficient (Wildman–Crippen LogP) is 2.61. The zero-order valence-corrected chi connectivity index (χ0v) is 11.1. The maximum atomic E-state index is 12.0. The normalized spacial score (nSPS) is 10.3. The second kappa shape index (κ2) is 5.69. The highest BCUT2D eigenvalue weighted by molar-refractivity contribution is 7.07. The first-order valence-electron chi connectivity index (χ1n) is 5.83. The minimum atomic E-state index is -0.0602. The van der Waals surface area contributed by atoms with Crippen molar-refractivity contribution >= 4 is 22.9 Å². The summed E-state index contributed by atoms with van der Waals surface area (Å²) < 4.78 is 0. The molecule has 0 fully saturated rings. The lowest BCUT2D eigenvalue weighted by Gasteiger charge is -2.08. The first-order valence-corrected chi connectivity index (χ1v) is 6.77. The minimum Gasteiger partial charge on any atom is -0.398 e. The second-order valence-electron chi connectivity index (χ2n) is 4.16. The maximum absolute atomic E-state index is 12.0. The molecule has 18 heavy (non-hydrogen) atoms. The molecular formula is C14H16N2OS. The van der Waals surface area contributed by atoms with Crippen molar-refractivity contribution in [1.29, 1.82) is 0 Å². The van der Waals surface area contributed by atoms with Gasteiger partial charge in [-0.05, 0) is 53.4 Å². The number of hydrogen-bond donors (Lipinski definition) is 2. The summed E-state index contributed by atoms with van der Waals surface area (Å²) in [6, 6.07) is 7.47. The molecule has 0 aliphatic heterocycles. The third-order valence-corrected chi connectivity index (χ3v) is 3.63. The lowest BCUT2D eigenvalue weighted by molar-refractivity contribution is 0.0953. The Kier molecular flexibility index (Phi) is 3.99. The van der Waals surface area contributed by atoms with Crippen LogP contribution in [0.3, 0.4) is 0 Å². The molecular weight excluding hydrogens is 244 g/mol. The summed E-state index contributed by atoms with van der Waals surface area (Å²) in [5.41, 5.74) is 9.18. The van der Waals surface area contributed by atoms with Gasteiger partial charge in [-0.2, -0.15) is 11.3 Å². The Morgan fingerprint density at radius 3 is 2.94 bits per heavy atom. The Balaban J connectivity index is 1.93.